The first-order valence-electron chi connectivity index (χ1n) is 9.91. The molecule has 1 heterocycles. The zero-order chi connectivity index (χ0) is 19.8. The topological polar surface area (TPSA) is 72.5 Å². The lowest BCUT2D eigenvalue weighted by atomic mass is 10.1. The number of benzene rings is 1. The number of amides is 1. The fourth-order valence-corrected chi connectivity index (χ4v) is 3.57. The van der Waals surface area contributed by atoms with Crippen molar-refractivity contribution in [2.45, 2.75) is 51.1 Å². The second-order valence-corrected chi connectivity index (χ2v) is 7.13. The predicted molar refractivity (Wildman–Crippen MR) is 110 cm³/mol. The highest BCUT2D eigenvalue weighted by Crippen LogP contribution is 2.27. The number of carbonyl (C=O) groups is 1. The highest BCUT2D eigenvalue weighted by molar-refractivity contribution is 5.93. The maximum Gasteiger partial charge on any atom is 0.270 e. The largest absolute Gasteiger partial charge is 0.493 e. The van der Waals surface area contributed by atoms with E-state index in [1.54, 1.807) is 20.4 Å². The van der Waals surface area contributed by atoms with Gasteiger partial charge in [0.25, 0.3) is 5.91 Å². The Morgan fingerprint density at radius 3 is 2.50 bits per heavy atom. The molecule has 1 aromatic heterocycles. The van der Waals surface area contributed by atoms with Gasteiger partial charge >= 0.3 is 0 Å². The van der Waals surface area contributed by atoms with Crippen LogP contribution in [0.1, 0.15) is 54.6 Å². The molecule has 1 aromatic carbocycles. The molecule has 0 atom stereocenters. The highest BCUT2D eigenvalue weighted by atomic mass is 16.5. The maximum atomic E-state index is 12.5. The maximum absolute atomic E-state index is 12.5. The Labute approximate surface area is 166 Å². The minimum atomic E-state index is -0.195. The second-order valence-electron chi connectivity index (χ2n) is 7.13. The zero-order valence-electron chi connectivity index (χ0n) is 16.7. The molecule has 0 bridgehead atoms. The Morgan fingerprint density at radius 2 is 1.79 bits per heavy atom. The van der Waals surface area contributed by atoms with Gasteiger partial charge in [-0.2, -0.15) is 0 Å². The summed E-state index contributed by atoms with van der Waals surface area (Å²) in [7, 11) is 3.19. The van der Waals surface area contributed by atoms with E-state index in [2.05, 4.69) is 15.6 Å². The first kappa shape index (κ1) is 20.0. The molecule has 0 saturated heterocycles. The predicted octanol–water partition coefficient (Wildman–Crippen LogP) is 4.16. The number of anilines is 1. The molecular weight excluding hydrogens is 354 g/mol. The van der Waals surface area contributed by atoms with E-state index in [9.17, 15) is 4.79 Å². The molecule has 0 spiro atoms. The van der Waals surface area contributed by atoms with Gasteiger partial charge in [0.2, 0.25) is 0 Å². The molecule has 3 rings (SSSR count). The average molecular weight is 383 g/mol. The third-order valence-electron chi connectivity index (χ3n) is 5.12. The van der Waals surface area contributed by atoms with E-state index in [1.807, 2.05) is 30.3 Å². The minimum Gasteiger partial charge on any atom is -0.493 e. The van der Waals surface area contributed by atoms with Crippen molar-refractivity contribution in [3.63, 3.8) is 0 Å². The van der Waals surface area contributed by atoms with Crippen LogP contribution in [-0.4, -0.2) is 31.2 Å². The van der Waals surface area contributed by atoms with E-state index in [4.69, 9.17) is 9.47 Å². The summed E-state index contributed by atoms with van der Waals surface area (Å²) < 4.78 is 10.5. The molecule has 0 aliphatic heterocycles. The van der Waals surface area contributed by atoms with Crippen LogP contribution in [0.3, 0.4) is 0 Å². The lowest BCUT2D eigenvalue weighted by molar-refractivity contribution is 0.0946. The van der Waals surface area contributed by atoms with Gasteiger partial charge in [-0.25, -0.2) is 0 Å². The van der Waals surface area contributed by atoms with Crippen LogP contribution in [0.5, 0.6) is 11.5 Å². The zero-order valence-corrected chi connectivity index (χ0v) is 16.7. The fraction of sp³-hybridized carbons (Fsp3) is 0.455. The molecule has 0 unspecified atom stereocenters. The van der Waals surface area contributed by atoms with Gasteiger partial charge in [0.15, 0.2) is 11.5 Å². The van der Waals surface area contributed by atoms with Gasteiger partial charge in [0, 0.05) is 24.5 Å². The smallest absolute Gasteiger partial charge is 0.270 e. The quantitative estimate of drug-likeness (QED) is 0.702. The molecule has 6 nitrogen and oxygen atoms in total. The summed E-state index contributed by atoms with van der Waals surface area (Å²) in [6, 6.07) is 9.82. The van der Waals surface area contributed by atoms with Crippen LogP contribution in [0.4, 0.5) is 5.69 Å². The van der Waals surface area contributed by atoms with Crippen LogP contribution in [0.15, 0.2) is 36.5 Å². The standard InChI is InChI=1S/C22H29N3O3/c1-27-20-10-9-16(13-21(20)28-2)15-24-22(26)19-14-18(11-12-23-19)25-17-7-5-3-4-6-8-17/h9-14,17H,3-8,15H2,1-2H3,(H,23,25)(H,24,26). The van der Waals surface area contributed by atoms with E-state index < -0.39 is 0 Å². The van der Waals surface area contributed by atoms with Crippen molar-refractivity contribution >= 4 is 11.6 Å². The van der Waals surface area contributed by atoms with Crippen molar-refractivity contribution in [1.82, 2.24) is 10.3 Å². The second kappa shape index (κ2) is 9.97. The third kappa shape index (κ3) is 5.38. The number of nitrogens with zero attached hydrogens (tertiary/aromatic N) is 1. The number of hydrogen-bond donors (Lipinski definition) is 2. The first-order chi connectivity index (χ1) is 13.7. The molecule has 1 saturated carbocycles. The molecule has 150 valence electrons. The van der Waals surface area contributed by atoms with Crippen molar-refractivity contribution in [1.29, 1.82) is 0 Å². The Morgan fingerprint density at radius 1 is 1.04 bits per heavy atom. The van der Waals surface area contributed by atoms with Gasteiger partial charge in [-0.15, -0.1) is 0 Å². The SMILES string of the molecule is COc1ccc(CNC(=O)c2cc(NC3CCCCCC3)ccn2)cc1OC. The Balaban J connectivity index is 1.60. The first-order valence-corrected chi connectivity index (χ1v) is 9.91. The molecular formula is C22H29N3O3. The third-order valence-corrected chi connectivity index (χ3v) is 5.12. The van der Waals surface area contributed by atoms with Crippen LogP contribution in [0, 0.1) is 0 Å². The van der Waals surface area contributed by atoms with E-state index >= 15 is 0 Å². The number of methoxy groups -OCH3 is 2. The van der Waals surface area contributed by atoms with Crippen molar-refractivity contribution in [2.75, 3.05) is 19.5 Å². The molecule has 1 aliphatic carbocycles. The van der Waals surface area contributed by atoms with E-state index in [0.29, 0.717) is 29.8 Å². The lowest BCUT2D eigenvalue weighted by Crippen LogP contribution is -2.24. The number of rotatable bonds is 7. The normalized spacial score (nSPS) is 14.8. The monoisotopic (exact) mass is 383 g/mol. The van der Waals surface area contributed by atoms with Gasteiger partial charge in [0.05, 0.1) is 14.2 Å². The summed E-state index contributed by atoms with van der Waals surface area (Å²) >= 11 is 0. The van der Waals surface area contributed by atoms with Crippen LogP contribution in [0.2, 0.25) is 0 Å². The number of aromatic nitrogens is 1. The number of carbonyl (C=O) groups excluding carboxylic acids is 1. The Hall–Kier alpha value is -2.76. The van der Waals surface area contributed by atoms with Gasteiger partial charge in [-0.05, 0) is 42.7 Å². The van der Waals surface area contributed by atoms with Crippen LogP contribution < -0.4 is 20.1 Å². The number of nitrogens with one attached hydrogen (secondary N) is 2. The molecule has 28 heavy (non-hydrogen) atoms. The van der Waals surface area contributed by atoms with Gasteiger partial charge in [-0.3, -0.25) is 9.78 Å². The summed E-state index contributed by atoms with van der Waals surface area (Å²) in [5.74, 6) is 1.11. The van der Waals surface area contributed by atoms with Gasteiger partial charge in [0.1, 0.15) is 5.69 Å². The Bertz CT molecular complexity index is 786. The molecule has 1 aliphatic rings. The van der Waals surface area contributed by atoms with Crippen LogP contribution >= 0.6 is 0 Å². The van der Waals surface area contributed by atoms with Crippen molar-refractivity contribution in [2.24, 2.45) is 0 Å². The fourth-order valence-electron chi connectivity index (χ4n) is 3.57. The number of hydrogen-bond acceptors (Lipinski definition) is 5. The molecule has 1 fully saturated rings. The van der Waals surface area contributed by atoms with Crippen molar-refractivity contribution in [3.05, 3.63) is 47.8 Å². The lowest BCUT2D eigenvalue weighted by Gasteiger charge is -2.18. The summed E-state index contributed by atoms with van der Waals surface area (Å²) in [6.45, 7) is 0.390. The number of pyridine rings is 1. The van der Waals surface area contributed by atoms with E-state index in [-0.39, 0.29) is 5.91 Å². The summed E-state index contributed by atoms with van der Waals surface area (Å²) in [6.07, 6.45) is 9.22. The van der Waals surface area contributed by atoms with Gasteiger partial charge in [-0.1, -0.05) is 31.7 Å². The minimum absolute atomic E-state index is 0.195. The van der Waals surface area contributed by atoms with E-state index in [1.165, 1.54) is 38.5 Å². The molecule has 2 aromatic rings. The Kier molecular flexibility index (Phi) is 7.12. The van der Waals surface area contributed by atoms with E-state index in [0.717, 1.165) is 11.3 Å². The summed E-state index contributed by atoms with van der Waals surface area (Å²) in [5, 5.41) is 6.49. The van der Waals surface area contributed by atoms with Gasteiger partial charge < -0.3 is 20.1 Å². The number of ether oxygens (including phenoxy) is 2. The highest BCUT2D eigenvalue weighted by Gasteiger charge is 2.14. The van der Waals surface area contributed by atoms with Crippen LogP contribution in [-0.2, 0) is 6.54 Å². The molecule has 0 radical (unpaired) electrons. The molecule has 1 amide bonds. The van der Waals surface area contributed by atoms with Crippen molar-refractivity contribution < 1.29 is 14.3 Å². The average Bonchev–Trinajstić information content (AvgIpc) is 3.00. The van der Waals surface area contributed by atoms with Crippen LogP contribution in [0.25, 0.3) is 0 Å². The summed E-state index contributed by atoms with van der Waals surface area (Å²) in [4.78, 5) is 16.8. The molecule has 6 heteroatoms. The summed E-state index contributed by atoms with van der Waals surface area (Å²) in [5.41, 5.74) is 2.30. The molecule has 2 N–H and O–H groups in total. The van der Waals surface area contributed by atoms with Crippen molar-refractivity contribution in [3.8, 4) is 11.5 Å².